The van der Waals surface area contributed by atoms with Crippen molar-refractivity contribution in [2.24, 2.45) is 0 Å². The van der Waals surface area contributed by atoms with Crippen LogP contribution in [0.1, 0.15) is 25.7 Å². The van der Waals surface area contributed by atoms with Gasteiger partial charge >= 0.3 is 0 Å². The number of hydrogen-bond acceptors (Lipinski definition) is 3. The zero-order valence-corrected chi connectivity index (χ0v) is 8.94. The van der Waals surface area contributed by atoms with Gasteiger partial charge in [0.15, 0.2) is 0 Å². The highest BCUT2D eigenvalue weighted by Gasteiger charge is 2.47. The number of nitrogens with zero attached hydrogens (tertiary/aromatic N) is 1. The second-order valence-electron chi connectivity index (χ2n) is 4.67. The van der Waals surface area contributed by atoms with Crippen molar-refractivity contribution < 1.29 is 9.90 Å². The molecule has 0 bridgehead atoms. The summed E-state index contributed by atoms with van der Waals surface area (Å²) in [6, 6.07) is 6.76. The monoisotopic (exact) mass is 218 g/mol. The molecule has 1 saturated heterocycles. The van der Waals surface area contributed by atoms with E-state index in [0.717, 1.165) is 12.8 Å². The Morgan fingerprint density at radius 3 is 2.75 bits per heavy atom. The third-order valence-corrected chi connectivity index (χ3v) is 3.49. The lowest BCUT2D eigenvalue weighted by atomic mass is 9.76. The molecule has 1 amide bonds. The van der Waals surface area contributed by atoms with E-state index in [1.54, 1.807) is 23.2 Å². The summed E-state index contributed by atoms with van der Waals surface area (Å²) in [6.45, 7) is 0. The van der Waals surface area contributed by atoms with Gasteiger partial charge in [0.2, 0.25) is 5.91 Å². The number of benzene rings is 1. The first-order valence-electron chi connectivity index (χ1n) is 5.58. The van der Waals surface area contributed by atoms with E-state index in [1.165, 1.54) is 6.42 Å². The molecule has 1 spiro atoms. The number of hydrazine groups is 1. The summed E-state index contributed by atoms with van der Waals surface area (Å²) in [4.78, 5) is 11.9. The summed E-state index contributed by atoms with van der Waals surface area (Å²) in [7, 11) is 0. The predicted molar refractivity (Wildman–Crippen MR) is 59.9 cm³/mol. The van der Waals surface area contributed by atoms with E-state index < -0.39 is 0 Å². The molecule has 2 aliphatic rings. The van der Waals surface area contributed by atoms with Crippen LogP contribution in [0.5, 0.6) is 5.75 Å². The summed E-state index contributed by atoms with van der Waals surface area (Å²) in [5.41, 5.74) is 3.99. The quantitative estimate of drug-likeness (QED) is 0.752. The van der Waals surface area contributed by atoms with Crippen LogP contribution in [0.2, 0.25) is 0 Å². The Bertz CT molecular complexity index is 440. The molecule has 0 atom stereocenters. The van der Waals surface area contributed by atoms with Gasteiger partial charge in [0.1, 0.15) is 5.75 Å². The minimum Gasteiger partial charge on any atom is -0.508 e. The number of nitrogens with one attached hydrogen (secondary N) is 1. The van der Waals surface area contributed by atoms with Gasteiger partial charge in [-0.05, 0) is 31.4 Å². The molecule has 2 fully saturated rings. The number of phenolic OH excluding ortho intramolecular Hbond substituents is 1. The first-order chi connectivity index (χ1) is 7.69. The predicted octanol–water partition coefficient (Wildman–Crippen LogP) is 1.56. The third-order valence-electron chi connectivity index (χ3n) is 3.49. The van der Waals surface area contributed by atoms with Crippen LogP contribution < -0.4 is 10.4 Å². The van der Waals surface area contributed by atoms with Gasteiger partial charge in [0.25, 0.3) is 0 Å². The van der Waals surface area contributed by atoms with Gasteiger partial charge in [-0.25, -0.2) is 10.4 Å². The average Bonchev–Trinajstić information content (AvgIpc) is 2.56. The van der Waals surface area contributed by atoms with Gasteiger partial charge in [-0.1, -0.05) is 6.07 Å². The molecule has 1 aromatic rings. The first kappa shape index (κ1) is 9.66. The van der Waals surface area contributed by atoms with Crippen LogP contribution in [-0.4, -0.2) is 16.6 Å². The van der Waals surface area contributed by atoms with Crippen LogP contribution in [-0.2, 0) is 4.79 Å². The van der Waals surface area contributed by atoms with E-state index in [4.69, 9.17) is 0 Å². The molecular weight excluding hydrogens is 204 g/mol. The Hall–Kier alpha value is -1.55. The molecule has 0 aromatic heterocycles. The average molecular weight is 218 g/mol. The summed E-state index contributed by atoms with van der Waals surface area (Å²) >= 11 is 0. The molecule has 2 N–H and O–H groups in total. The lowest BCUT2D eigenvalue weighted by molar-refractivity contribution is -0.117. The highest BCUT2D eigenvalue weighted by atomic mass is 16.3. The van der Waals surface area contributed by atoms with Crippen molar-refractivity contribution in [2.45, 2.75) is 31.2 Å². The second kappa shape index (κ2) is 3.22. The maximum atomic E-state index is 11.9. The Balaban J connectivity index is 1.88. The van der Waals surface area contributed by atoms with Gasteiger partial charge < -0.3 is 5.11 Å². The SMILES string of the molecule is O=C1CC2(CCC2)NN1c1cccc(O)c1. The molecule has 1 heterocycles. The molecular formula is C12H14N2O2. The minimum absolute atomic E-state index is 0.00252. The maximum Gasteiger partial charge on any atom is 0.243 e. The van der Waals surface area contributed by atoms with Crippen LogP contribution in [0.15, 0.2) is 24.3 Å². The van der Waals surface area contributed by atoms with Crippen molar-refractivity contribution in [2.75, 3.05) is 5.01 Å². The normalized spacial score (nSPS) is 22.5. The molecule has 4 nitrogen and oxygen atoms in total. The lowest BCUT2D eigenvalue weighted by Gasteiger charge is -2.37. The van der Waals surface area contributed by atoms with E-state index in [1.807, 2.05) is 6.07 Å². The molecule has 1 aromatic carbocycles. The topological polar surface area (TPSA) is 52.6 Å². The number of rotatable bonds is 1. The van der Waals surface area contributed by atoms with Crippen molar-refractivity contribution in [3.63, 3.8) is 0 Å². The molecule has 1 aliphatic carbocycles. The van der Waals surface area contributed by atoms with Crippen LogP contribution in [0.4, 0.5) is 5.69 Å². The summed E-state index contributed by atoms with van der Waals surface area (Å²) in [5, 5.41) is 11.0. The summed E-state index contributed by atoms with van der Waals surface area (Å²) in [6.07, 6.45) is 3.89. The fraction of sp³-hybridized carbons (Fsp3) is 0.417. The van der Waals surface area contributed by atoms with Gasteiger partial charge in [-0.3, -0.25) is 4.79 Å². The van der Waals surface area contributed by atoms with Crippen LogP contribution in [0, 0.1) is 0 Å². The smallest absolute Gasteiger partial charge is 0.243 e. The van der Waals surface area contributed by atoms with Crippen molar-refractivity contribution in [1.82, 2.24) is 5.43 Å². The standard InChI is InChI=1S/C12H14N2O2/c15-10-4-1-3-9(7-10)14-11(16)8-12(13-14)5-2-6-12/h1,3-4,7,13,15H,2,5-6,8H2. The molecule has 1 saturated carbocycles. The highest BCUT2D eigenvalue weighted by Crippen LogP contribution is 2.40. The number of aromatic hydroxyl groups is 1. The van der Waals surface area contributed by atoms with E-state index in [0.29, 0.717) is 12.1 Å². The Morgan fingerprint density at radius 2 is 2.19 bits per heavy atom. The zero-order chi connectivity index (χ0) is 11.2. The summed E-state index contributed by atoms with van der Waals surface area (Å²) in [5.74, 6) is 0.270. The molecule has 16 heavy (non-hydrogen) atoms. The first-order valence-corrected chi connectivity index (χ1v) is 5.58. The van der Waals surface area contributed by atoms with Gasteiger partial charge in [-0.2, -0.15) is 0 Å². The number of phenols is 1. The van der Waals surface area contributed by atoms with Crippen molar-refractivity contribution in [1.29, 1.82) is 0 Å². The Morgan fingerprint density at radius 1 is 1.38 bits per heavy atom. The Labute approximate surface area is 93.8 Å². The van der Waals surface area contributed by atoms with E-state index in [9.17, 15) is 9.90 Å². The molecule has 0 radical (unpaired) electrons. The summed E-state index contributed by atoms with van der Waals surface area (Å²) < 4.78 is 0. The highest BCUT2D eigenvalue weighted by molar-refractivity contribution is 5.95. The lowest BCUT2D eigenvalue weighted by Crippen LogP contribution is -2.50. The van der Waals surface area contributed by atoms with E-state index >= 15 is 0 Å². The maximum absolute atomic E-state index is 11.9. The molecule has 4 heteroatoms. The Kier molecular flexibility index (Phi) is 1.94. The number of carbonyl (C=O) groups excluding carboxylic acids is 1. The largest absolute Gasteiger partial charge is 0.508 e. The molecule has 84 valence electrons. The molecule has 0 unspecified atom stereocenters. The minimum atomic E-state index is 0.00252. The zero-order valence-electron chi connectivity index (χ0n) is 8.94. The van der Waals surface area contributed by atoms with Gasteiger partial charge in [-0.15, -0.1) is 0 Å². The van der Waals surface area contributed by atoms with Crippen molar-refractivity contribution in [3.8, 4) is 5.75 Å². The molecule has 1 aliphatic heterocycles. The molecule has 3 rings (SSSR count). The van der Waals surface area contributed by atoms with Gasteiger partial charge in [0, 0.05) is 18.0 Å². The van der Waals surface area contributed by atoms with Crippen LogP contribution in [0.3, 0.4) is 0 Å². The fourth-order valence-electron chi connectivity index (χ4n) is 2.44. The van der Waals surface area contributed by atoms with Crippen molar-refractivity contribution >= 4 is 11.6 Å². The number of carbonyl (C=O) groups is 1. The second-order valence-corrected chi connectivity index (χ2v) is 4.67. The number of amides is 1. The number of hydrogen-bond donors (Lipinski definition) is 2. The van der Waals surface area contributed by atoms with E-state index in [-0.39, 0.29) is 17.2 Å². The van der Waals surface area contributed by atoms with Crippen molar-refractivity contribution in [3.05, 3.63) is 24.3 Å². The van der Waals surface area contributed by atoms with E-state index in [2.05, 4.69) is 5.43 Å². The fourth-order valence-corrected chi connectivity index (χ4v) is 2.44. The number of anilines is 1. The van der Waals surface area contributed by atoms with Crippen LogP contribution >= 0.6 is 0 Å². The third kappa shape index (κ3) is 1.38. The van der Waals surface area contributed by atoms with Gasteiger partial charge in [0.05, 0.1) is 5.69 Å². The van der Waals surface area contributed by atoms with Crippen LogP contribution in [0.25, 0.3) is 0 Å².